The van der Waals surface area contributed by atoms with Gasteiger partial charge in [-0.25, -0.2) is 8.42 Å². The van der Waals surface area contributed by atoms with Crippen LogP contribution in [0, 0.1) is 0 Å². The molecule has 0 amide bonds. The molecule has 3 rings (SSSR count). The Morgan fingerprint density at radius 2 is 1.61 bits per heavy atom. The van der Waals surface area contributed by atoms with Gasteiger partial charge in [0.15, 0.2) is 0 Å². The molecule has 1 aromatic carbocycles. The van der Waals surface area contributed by atoms with E-state index in [2.05, 4.69) is 9.88 Å². The van der Waals surface area contributed by atoms with Crippen molar-refractivity contribution >= 4 is 38.9 Å². The van der Waals surface area contributed by atoms with E-state index in [0.29, 0.717) is 31.2 Å². The molecule has 2 heterocycles. The van der Waals surface area contributed by atoms with Gasteiger partial charge in [-0.3, -0.25) is 4.98 Å². The van der Waals surface area contributed by atoms with Crippen LogP contribution in [0.4, 0.5) is 5.69 Å². The maximum Gasteiger partial charge on any atom is 0.244 e. The summed E-state index contributed by atoms with van der Waals surface area (Å²) in [4.78, 5) is 6.23. The SMILES string of the molecule is O=S(=O)(c1ccc(Cl)cc1Cl)N1CCN(c2ccncc2)CC1. The predicted octanol–water partition coefficient (Wildman–Crippen LogP) is 2.90. The molecule has 0 spiro atoms. The van der Waals surface area contributed by atoms with Crippen molar-refractivity contribution in [2.75, 3.05) is 31.1 Å². The topological polar surface area (TPSA) is 53.5 Å². The molecule has 0 atom stereocenters. The number of sulfonamides is 1. The Bertz CT molecular complexity index is 792. The molecule has 1 aliphatic rings. The molecule has 0 aliphatic carbocycles. The highest BCUT2D eigenvalue weighted by atomic mass is 35.5. The summed E-state index contributed by atoms with van der Waals surface area (Å²) in [7, 11) is -3.61. The van der Waals surface area contributed by atoms with Gasteiger partial charge >= 0.3 is 0 Å². The van der Waals surface area contributed by atoms with E-state index in [1.54, 1.807) is 12.4 Å². The summed E-state index contributed by atoms with van der Waals surface area (Å²) in [5.74, 6) is 0. The third kappa shape index (κ3) is 3.45. The summed E-state index contributed by atoms with van der Waals surface area (Å²) >= 11 is 11.9. The zero-order valence-corrected chi connectivity index (χ0v) is 14.5. The van der Waals surface area contributed by atoms with Gasteiger partial charge in [0.05, 0.1) is 5.02 Å². The summed E-state index contributed by atoms with van der Waals surface area (Å²) in [6, 6.07) is 8.27. The maximum absolute atomic E-state index is 12.7. The van der Waals surface area contributed by atoms with Crippen molar-refractivity contribution in [1.82, 2.24) is 9.29 Å². The number of rotatable bonds is 3. The number of hydrogen-bond acceptors (Lipinski definition) is 4. The van der Waals surface area contributed by atoms with Crippen LogP contribution >= 0.6 is 23.2 Å². The Morgan fingerprint density at radius 3 is 2.22 bits per heavy atom. The number of benzene rings is 1. The highest BCUT2D eigenvalue weighted by Crippen LogP contribution is 2.28. The molecular weight excluding hydrogens is 357 g/mol. The molecule has 0 saturated carbocycles. The average molecular weight is 372 g/mol. The van der Waals surface area contributed by atoms with Crippen molar-refractivity contribution in [2.45, 2.75) is 4.90 Å². The molecule has 1 saturated heterocycles. The van der Waals surface area contributed by atoms with Gasteiger partial charge < -0.3 is 4.90 Å². The zero-order valence-electron chi connectivity index (χ0n) is 12.2. The first kappa shape index (κ1) is 16.5. The number of pyridine rings is 1. The number of anilines is 1. The molecule has 1 aliphatic heterocycles. The first-order valence-corrected chi connectivity index (χ1v) is 9.28. The van der Waals surface area contributed by atoms with Gasteiger partial charge in [-0.05, 0) is 30.3 Å². The summed E-state index contributed by atoms with van der Waals surface area (Å²) in [6.07, 6.45) is 3.46. The molecule has 2 aromatic rings. The van der Waals surface area contributed by atoms with Crippen molar-refractivity contribution in [3.63, 3.8) is 0 Å². The Labute approximate surface area is 145 Å². The standard InChI is InChI=1S/C15H15Cl2N3O2S/c16-12-1-2-15(14(17)11-12)23(21,22)20-9-7-19(8-10-20)13-3-5-18-6-4-13/h1-6,11H,7-10H2. The van der Waals surface area contributed by atoms with Crippen LogP contribution in [0.15, 0.2) is 47.6 Å². The second-order valence-electron chi connectivity index (χ2n) is 5.17. The number of piperazine rings is 1. The molecule has 8 heteroatoms. The molecule has 23 heavy (non-hydrogen) atoms. The Kier molecular flexibility index (Phi) is 4.77. The minimum absolute atomic E-state index is 0.0981. The van der Waals surface area contributed by atoms with Gasteiger partial charge in [-0.1, -0.05) is 23.2 Å². The molecule has 0 unspecified atom stereocenters. The molecular formula is C15H15Cl2N3O2S. The van der Waals surface area contributed by atoms with E-state index in [-0.39, 0.29) is 9.92 Å². The van der Waals surface area contributed by atoms with Crippen LogP contribution in [0.3, 0.4) is 0 Å². The monoisotopic (exact) mass is 371 g/mol. The second-order valence-corrected chi connectivity index (χ2v) is 7.92. The highest BCUT2D eigenvalue weighted by Gasteiger charge is 2.30. The van der Waals surface area contributed by atoms with E-state index < -0.39 is 10.0 Å². The van der Waals surface area contributed by atoms with E-state index in [4.69, 9.17) is 23.2 Å². The van der Waals surface area contributed by atoms with Crippen LogP contribution < -0.4 is 4.90 Å². The van der Waals surface area contributed by atoms with Gasteiger partial charge in [0.1, 0.15) is 4.90 Å². The van der Waals surface area contributed by atoms with Crippen molar-refractivity contribution in [2.24, 2.45) is 0 Å². The van der Waals surface area contributed by atoms with Crippen molar-refractivity contribution in [3.8, 4) is 0 Å². The number of hydrogen-bond donors (Lipinski definition) is 0. The first-order chi connectivity index (χ1) is 11.0. The quantitative estimate of drug-likeness (QED) is 0.832. The summed E-state index contributed by atoms with van der Waals surface area (Å²) in [6.45, 7) is 2.05. The fraction of sp³-hybridized carbons (Fsp3) is 0.267. The van der Waals surface area contributed by atoms with Crippen LogP contribution in [-0.2, 0) is 10.0 Å². The normalized spacial score (nSPS) is 16.5. The molecule has 0 bridgehead atoms. The van der Waals surface area contributed by atoms with E-state index >= 15 is 0 Å². The maximum atomic E-state index is 12.7. The number of aromatic nitrogens is 1. The van der Waals surface area contributed by atoms with Crippen molar-refractivity contribution in [3.05, 3.63) is 52.8 Å². The largest absolute Gasteiger partial charge is 0.369 e. The highest BCUT2D eigenvalue weighted by molar-refractivity contribution is 7.89. The van der Waals surface area contributed by atoms with Crippen LogP contribution in [-0.4, -0.2) is 43.9 Å². The van der Waals surface area contributed by atoms with Crippen molar-refractivity contribution in [1.29, 1.82) is 0 Å². The van der Waals surface area contributed by atoms with Gasteiger partial charge in [0, 0.05) is 49.3 Å². The summed E-state index contributed by atoms with van der Waals surface area (Å²) in [5, 5.41) is 0.561. The number of halogens is 2. The number of nitrogens with zero attached hydrogens (tertiary/aromatic N) is 3. The Balaban J connectivity index is 1.76. The fourth-order valence-corrected chi connectivity index (χ4v) is 4.73. The van der Waals surface area contributed by atoms with Gasteiger partial charge in [0.2, 0.25) is 10.0 Å². The van der Waals surface area contributed by atoms with E-state index in [0.717, 1.165) is 5.69 Å². The zero-order chi connectivity index (χ0) is 16.4. The molecule has 1 aromatic heterocycles. The lowest BCUT2D eigenvalue weighted by Crippen LogP contribution is -2.48. The fourth-order valence-electron chi connectivity index (χ4n) is 2.57. The Morgan fingerprint density at radius 1 is 0.957 bits per heavy atom. The molecule has 122 valence electrons. The van der Waals surface area contributed by atoms with Gasteiger partial charge in [0.25, 0.3) is 0 Å². The lowest BCUT2D eigenvalue weighted by molar-refractivity contribution is 0.385. The van der Waals surface area contributed by atoms with Crippen molar-refractivity contribution < 1.29 is 8.42 Å². The molecule has 0 N–H and O–H groups in total. The summed E-state index contributed by atoms with van der Waals surface area (Å²) < 4.78 is 26.9. The second kappa shape index (κ2) is 6.65. The minimum Gasteiger partial charge on any atom is -0.369 e. The molecule has 1 fully saturated rings. The van der Waals surface area contributed by atoms with E-state index in [1.165, 1.54) is 22.5 Å². The first-order valence-electron chi connectivity index (χ1n) is 7.08. The molecule has 5 nitrogen and oxygen atoms in total. The van der Waals surface area contributed by atoms with E-state index in [9.17, 15) is 8.42 Å². The van der Waals surface area contributed by atoms with Crippen LogP contribution in [0.5, 0.6) is 0 Å². The third-order valence-corrected chi connectivity index (χ3v) is 6.39. The van der Waals surface area contributed by atoms with Crippen LogP contribution in [0.1, 0.15) is 0 Å². The summed E-state index contributed by atoms with van der Waals surface area (Å²) in [5.41, 5.74) is 1.04. The third-order valence-electron chi connectivity index (χ3n) is 3.78. The van der Waals surface area contributed by atoms with Crippen LogP contribution in [0.25, 0.3) is 0 Å². The van der Waals surface area contributed by atoms with Gasteiger partial charge in [-0.15, -0.1) is 0 Å². The van der Waals surface area contributed by atoms with E-state index in [1.807, 2.05) is 12.1 Å². The lowest BCUT2D eigenvalue weighted by Gasteiger charge is -2.35. The van der Waals surface area contributed by atoms with Gasteiger partial charge in [-0.2, -0.15) is 4.31 Å². The minimum atomic E-state index is -3.61. The van der Waals surface area contributed by atoms with Crippen LogP contribution in [0.2, 0.25) is 10.0 Å². The smallest absolute Gasteiger partial charge is 0.244 e. The Hall–Kier alpha value is -1.34. The average Bonchev–Trinajstić information content (AvgIpc) is 2.55. The predicted molar refractivity (Wildman–Crippen MR) is 91.7 cm³/mol. The lowest BCUT2D eigenvalue weighted by atomic mass is 10.3. The molecule has 0 radical (unpaired) electrons.